The molecule has 124 valence electrons. The Bertz CT molecular complexity index is 439. The van der Waals surface area contributed by atoms with Gasteiger partial charge in [-0.15, -0.1) is 0 Å². The van der Waals surface area contributed by atoms with Crippen molar-refractivity contribution < 1.29 is 19.0 Å². The molecule has 0 saturated carbocycles. The summed E-state index contributed by atoms with van der Waals surface area (Å²) in [6, 6.07) is 7.74. The molecule has 0 bridgehead atoms. The van der Waals surface area contributed by atoms with Gasteiger partial charge in [-0.2, -0.15) is 0 Å². The van der Waals surface area contributed by atoms with E-state index in [0.717, 1.165) is 24.2 Å². The molecule has 0 N–H and O–H groups in total. The molecule has 0 aliphatic carbocycles. The number of methoxy groups -OCH3 is 2. The van der Waals surface area contributed by atoms with Gasteiger partial charge in [0, 0.05) is 0 Å². The monoisotopic (exact) mass is 308 g/mol. The molecule has 0 amide bonds. The van der Waals surface area contributed by atoms with Gasteiger partial charge in [-0.1, -0.05) is 32.4 Å². The van der Waals surface area contributed by atoms with E-state index in [-0.39, 0.29) is 18.0 Å². The van der Waals surface area contributed by atoms with Crippen molar-refractivity contribution in [1.82, 2.24) is 0 Å². The van der Waals surface area contributed by atoms with E-state index in [0.29, 0.717) is 12.5 Å². The van der Waals surface area contributed by atoms with Gasteiger partial charge in [0.05, 0.1) is 32.8 Å². The minimum absolute atomic E-state index is 0.173. The Morgan fingerprint density at radius 2 is 1.68 bits per heavy atom. The predicted octanol–water partition coefficient (Wildman–Crippen LogP) is 3.83. The predicted molar refractivity (Wildman–Crippen MR) is 86.8 cm³/mol. The molecule has 0 spiro atoms. The van der Waals surface area contributed by atoms with Crippen molar-refractivity contribution >= 4 is 5.97 Å². The van der Waals surface area contributed by atoms with E-state index in [2.05, 4.69) is 13.8 Å². The smallest absolute Gasteiger partial charge is 0.311 e. The van der Waals surface area contributed by atoms with E-state index in [9.17, 15) is 4.79 Å². The van der Waals surface area contributed by atoms with Gasteiger partial charge < -0.3 is 14.2 Å². The highest BCUT2D eigenvalue weighted by Gasteiger charge is 2.26. The lowest BCUT2D eigenvalue weighted by atomic mass is 9.94. The Hall–Kier alpha value is -1.55. The molecule has 0 saturated heterocycles. The first-order valence-corrected chi connectivity index (χ1v) is 7.80. The third kappa shape index (κ3) is 6.06. The van der Waals surface area contributed by atoms with Crippen LogP contribution < -0.4 is 4.74 Å². The number of esters is 1. The van der Waals surface area contributed by atoms with Crippen LogP contribution in [0.25, 0.3) is 0 Å². The third-order valence-corrected chi connectivity index (χ3v) is 3.80. The molecule has 1 unspecified atom stereocenters. The van der Waals surface area contributed by atoms with Crippen LogP contribution in [0.3, 0.4) is 0 Å². The fourth-order valence-electron chi connectivity index (χ4n) is 2.27. The summed E-state index contributed by atoms with van der Waals surface area (Å²) in [4.78, 5) is 11.9. The van der Waals surface area contributed by atoms with Crippen molar-refractivity contribution in [2.24, 2.45) is 11.8 Å². The number of carbonyl (C=O) groups excluding carboxylic acids is 1. The second kappa shape index (κ2) is 9.46. The van der Waals surface area contributed by atoms with E-state index in [1.807, 2.05) is 31.2 Å². The molecule has 1 aromatic carbocycles. The highest BCUT2D eigenvalue weighted by Crippen LogP contribution is 2.21. The van der Waals surface area contributed by atoms with Crippen molar-refractivity contribution in [3.8, 4) is 5.75 Å². The minimum atomic E-state index is -0.217. The molecule has 22 heavy (non-hydrogen) atoms. The molecule has 4 heteroatoms. The molecule has 4 nitrogen and oxygen atoms in total. The molecular formula is C18H28O4. The topological polar surface area (TPSA) is 44.8 Å². The Labute approximate surface area is 133 Å². The summed E-state index contributed by atoms with van der Waals surface area (Å²) in [5.74, 6) is 0.968. The summed E-state index contributed by atoms with van der Waals surface area (Å²) in [6.45, 7) is 6.71. The van der Waals surface area contributed by atoms with E-state index in [1.54, 1.807) is 7.11 Å². The molecule has 0 aliphatic heterocycles. The lowest BCUT2D eigenvalue weighted by Crippen LogP contribution is -2.29. The van der Waals surface area contributed by atoms with Crippen LogP contribution in [0.15, 0.2) is 24.3 Å². The molecule has 0 heterocycles. The van der Waals surface area contributed by atoms with Crippen LogP contribution in [-0.4, -0.2) is 26.3 Å². The molecule has 1 rings (SSSR count). The van der Waals surface area contributed by atoms with Crippen LogP contribution in [0.4, 0.5) is 0 Å². The Balaban J connectivity index is 2.57. The Morgan fingerprint density at radius 3 is 2.18 bits per heavy atom. The van der Waals surface area contributed by atoms with Crippen LogP contribution >= 0.6 is 0 Å². The minimum Gasteiger partial charge on any atom is -0.497 e. The van der Waals surface area contributed by atoms with Crippen LogP contribution in [0.5, 0.6) is 5.75 Å². The van der Waals surface area contributed by atoms with Crippen molar-refractivity contribution in [3.05, 3.63) is 29.8 Å². The van der Waals surface area contributed by atoms with Crippen molar-refractivity contribution in [3.63, 3.8) is 0 Å². The van der Waals surface area contributed by atoms with Gasteiger partial charge in [-0.3, -0.25) is 4.79 Å². The molecule has 0 fully saturated rings. The first-order valence-electron chi connectivity index (χ1n) is 7.80. The third-order valence-electron chi connectivity index (χ3n) is 3.80. The van der Waals surface area contributed by atoms with Gasteiger partial charge in [-0.05, 0) is 37.0 Å². The Kier molecular flexibility index (Phi) is 7.96. The first kappa shape index (κ1) is 18.5. The standard InChI is InChI=1S/C18H28O4/c1-13(2)6-11-17(18(19)21-5)14(3)22-12-15-7-9-16(20-4)10-8-15/h7-10,13-14,17H,6,11-12H2,1-5H3/t14-,17?/m0/s1. The Morgan fingerprint density at radius 1 is 1.05 bits per heavy atom. The van der Waals surface area contributed by atoms with Crippen LogP contribution in [-0.2, 0) is 20.9 Å². The highest BCUT2D eigenvalue weighted by molar-refractivity contribution is 5.72. The van der Waals surface area contributed by atoms with Crippen molar-refractivity contribution in [1.29, 1.82) is 0 Å². The quantitative estimate of drug-likeness (QED) is 0.650. The lowest BCUT2D eigenvalue weighted by Gasteiger charge is -2.23. The van der Waals surface area contributed by atoms with Crippen molar-refractivity contribution in [2.45, 2.75) is 46.3 Å². The zero-order valence-electron chi connectivity index (χ0n) is 14.3. The fourth-order valence-corrected chi connectivity index (χ4v) is 2.27. The summed E-state index contributed by atoms with van der Waals surface area (Å²) in [7, 11) is 3.07. The summed E-state index contributed by atoms with van der Waals surface area (Å²) in [6.07, 6.45) is 1.60. The fraction of sp³-hybridized carbons (Fsp3) is 0.611. The first-order chi connectivity index (χ1) is 10.5. The zero-order chi connectivity index (χ0) is 16.5. The van der Waals surface area contributed by atoms with Gasteiger partial charge in [0.15, 0.2) is 0 Å². The van der Waals surface area contributed by atoms with Gasteiger partial charge in [0.2, 0.25) is 0 Å². The number of hydrogen-bond donors (Lipinski definition) is 0. The number of hydrogen-bond acceptors (Lipinski definition) is 4. The van der Waals surface area contributed by atoms with E-state index in [4.69, 9.17) is 14.2 Å². The summed E-state index contributed by atoms with van der Waals surface area (Å²) in [5.41, 5.74) is 1.06. The van der Waals surface area contributed by atoms with Gasteiger partial charge >= 0.3 is 5.97 Å². The maximum Gasteiger partial charge on any atom is 0.311 e. The van der Waals surface area contributed by atoms with Crippen LogP contribution in [0.1, 0.15) is 39.2 Å². The molecule has 2 atom stereocenters. The van der Waals surface area contributed by atoms with Gasteiger partial charge in [0.1, 0.15) is 5.75 Å². The number of benzene rings is 1. The molecular weight excluding hydrogens is 280 g/mol. The maximum atomic E-state index is 11.9. The summed E-state index contributed by atoms with van der Waals surface area (Å²) in [5, 5.41) is 0. The second-order valence-electron chi connectivity index (χ2n) is 5.97. The average molecular weight is 308 g/mol. The molecule has 0 radical (unpaired) electrons. The number of ether oxygens (including phenoxy) is 3. The number of rotatable bonds is 9. The normalized spacial score (nSPS) is 13.7. The van der Waals surface area contributed by atoms with E-state index in [1.165, 1.54) is 7.11 Å². The second-order valence-corrected chi connectivity index (χ2v) is 5.97. The summed E-state index contributed by atoms with van der Waals surface area (Å²) >= 11 is 0. The van der Waals surface area contributed by atoms with E-state index >= 15 is 0 Å². The van der Waals surface area contributed by atoms with Gasteiger partial charge in [0.25, 0.3) is 0 Å². The molecule has 0 aromatic heterocycles. The number of carbonyl (C=O) groups is 1. The van der Waals surface area contributed by atoms with Crippen molar-refractivity contribution in [2.75, 3.05) is 14.2 Å². The van der Waals surface area contributed by atoms with Crippen LogP contribution in [0.2, 0.25) is 0 Å². The van der Waals surface area contributed by atoms with Crippen LogP contribution in [0, 0.1) is 11.8 Å². The SMILES string of the molecule is COC(=O)C(CCC(C)C)[C@H](C)OCc1ccc(OC)cc1. The lowest BCUT2D eigenvalue weighted by molar-refractivity contribution is -0.151. The summed E-state index contributed by atoms with van der Waals surface area (Å²) < 4.78 is 15.9. The largest absolute Gasteiger partial charge is 0.497 e. The zero-order valence-corrected chi connectivity index (χ0v) is 14.3. The highest BCUT2D eigenvalue weighted by atomic mass is 16.5. The molecule has 0 aliphatic rings. The average Bonchev–Trinajstić information content (AvgIpc) is 2.52. The maximum absolute atomic E-state index is 11.9. The van der Waals surface area contributed by atoms with E-state index < -0.39 is 0 Å². The van der Waals surface area contributed by atoms with Gasteiger partial charge in [-0.25, -0.2) is 0 Å². The molecule has 1 aromatic rings.